The second kappa shape index (κ2) is 8.03. The topological polar surface area (TPSA) is 26.0 Å². The molecule has 0 amide bonds. The lowest BCUT2D eigenvalue weighted by Gasteiger charge is -2.16. The highest BCUT2D eigenvalue weighted by atomic mass is 32.2. The van der Waals surface area contributed by atoms with E-state index in [1.807, 2.05) is 0 Å². The zero-order valence-electron chi connectivity index (χ0n) is 13.3. The number of thioether (sulfide) groups is 1. The molecule has 0 aromatic heterocycles. The van der Waals surface area contributed by atoms with Crippen LogP contribution in [0.3, 0.4) is 0 Å². The maximum atomic E-state index is 6.24. The van der Waals surface area contributed by atoms with E-state index in [0.29, 0.717) is 12.0 Å². The highest BCUT2D eigenvalue weighted by molar-refractivity contribution is 8.00. The summed E-state index contributed by atoms with van der Waals surface area (Å²) >= 11 is 2.05. The Bertz CT molecular complexity index is 534. The van der Waals surface area contributed by atoms with E-state index >= 15 is 0 Å². The lowest BCUT2D eigenvalue weighted by Crippen LogP contribution is -2.22. The molecule has 3 rings (SSSR count). The second-order valence-electron chi connectivity index (χ2n) is 6.50. The van der Waals surface area contributed by atoms with Gasteiger partial charge in [-0.1, -0.05) is 55.0 Å². The van der Waals surface area contributed by atoms with E-state index in [1.165, 1.54) is 49.7 Å². The summed E-state index contributed by atoms with van der Waals surface area (Å²) in [4.78, 5) is 0. The summed E-state index contributed by atoms with van der Waals surface area (Å²) < 4.78 is 0. The Balaban J connectivity index is 1.54. The van der Waals surface area contributed by atoms with Crippen LogP contribution in [0.15, 0.2) is 42.5 Å². The average molecular weight is 314 g/mol. The molecule has 0 aliphatic heterocycles. The highest BCUT2D eigenvalue weighted by Gasteiger charge is 2.25. The first-order chi connectivity index (χ1) is 10.8. The molecular weight excluding hydrogens is 286 g/mol. The lowest BCUT2D eigenvalue weighted by molar-refractivity contribution is 0.613. The molecule has 3 atom stereocenters. The van der Waals surface area contributed by atoms with Crippen LogP contribution in [0.1, 0.15) is 55.6 Å². The molecule has 2 N–H and O–H groups in total. The van der Waals surface area contributed by atoms with Gasteiger partial charge < -0.3 is 5.73 Å². The van der Waals surface area contributed by atoms with E-state index in [1.54, 1.807) is 0 Å². The Labute approximate surface area is 139 Å². The lowest BCUT2D eigenvalue weighted by atomic mass is 9.93. The van der Waals surface area contributed by atoms with Crippen molar-refractivity contribution in [2.75, 3.05) is 5.75 Å². The predicted octanol–water partition coefficient (Wildman–Crippen LogP) is 5.14. The van der Waals surface area contributed by atoms with Gasteiger partial charge in [0.1, 0.15) is 0 Å². The van der Waals surface area contributed by atoms with Crippen LogP contribution in [0.25, 0.3) is 6.08 Å². The molecule has 0 saturated heterocycles. The minimum Gasteiger partial charge on any atom is -0.327 e. The first-order valence-electron chi connectivity index (χ1n) is 8.63. The normalized spacial score (nSPS) is 28.5. The molecule has 0 radical (unpaired) electrons. The van der Waals surface area contributed by atoms with Crippen LogP contribution in [0, 0.1) is 0 Å². The second-order valence-corrected chi connectivity index (χ2v) is 7.78. The predicted molar refractivity (Wildman–Crippen MR) is 99.3 cm³/mol. The van der Waals surface area contributed by atoms with Gasteiger partial charge in [-0.3, -0.25) is 0 Å². The van der Waals surface area contributed by atoms with E-state index in [4.69, 9.17) is 5.73 Å². The maximum absolute atomic E-state index is 6.24. The largest absolute Gasteiger partial charge is 0.327 e. The Hall–Kier alpha value is -0.990. The van der Waals surface area contributed by atoms with Crippen molar-refractivity contribution in [1.82, 2.24) is 0 Å². The molecule has 2 heteroatoms. The number of nitrogens with two attached hydrogens (primary N) is 1. The Morgan fingerprint density at radius 3 is 2.91 bits per heavy atom. The van der Waals surface area contributed by atoms with Crippen molar-refractivity contribution < 1.29 is 0 Å². The van der Waals surface area contributed by atoms with Crippen molar-refractivity contribution in [3.05, 3.63) is 53.6 Å². The first kappa shape index (κ1) is 15.9. The van der Waals surface area contributed by atoms with E-state index < -0.39 is 0 Å². The van der Waals surface area contributed by atoms with Gasteiger partial charge in [-0.15, -0.1) is 0 Å². The van der Waals surface area contributed by atoms with Crippen LogP contribution in [-0.2, 0) is 0 Å². The van der Waals surface area contributed by atoms with Crippen LogP contribution in [-0.4, -0.2) is 17.0 Å². The van der Waals surface area contributed by atoms with Crippen LogP contribution in [0.2, 0.25) is 0 Å². The SMILES string of the molecule is NC1CCCC1c1cccc(/C=C/CSC2C=CCCC2)c1. The van der Waals surface area contributed by atoms with Gasteiger partial charge in [-0.2, -0.15) is 11.8 Å². The van der Waals surface area contributed by atoms with Crippen molar-refractivity contribution >= 4 is 17.8 Å². The molecule has 2 aliphatic carbocycles. The zero-order valence-corrected chi connectivity index (χ0v) is 14.1. The standard InChI is InChI=1S/C20H27NS/c21-20-13-5-12-19(20)17-9-4-7-16(15-17)8-6-14-22-18-10-2-1-3-11-18/h2,4,6-10,15,18-20H,1,3,5,11-14,21H2/b8-6+. The first-order valence-corrected chi connectivity index (χ1v) is 9.68. The molecule has 1 aromatic rings. The quantitative estimate of drug-likeness (QED) is 0.762. The summed E-state index contributed by atoms with van der Waals surface area (Å²) in [5, 5.41) is 0.723. The molecular formula is C20H27NS. The van der Waals surface area contributed by atoms with Gasteiger partial charge in [-0.25, -0.2) is 0 Å². The van der Waals surface area contributed by atoms with Crippen LogP contribution < -0.4 is 5.73 Å². The van der Waals surface area contributed by atoms with Gasteiger partial charge in [0, 0.05) is 17.0 Å². The number of hydrogen-bond acceptors (Lipinski definition) is 2. The number of benzene rings is 1. The molecule has 0 spiro atoms. The Kier molecular flexibility index (Phi) is 5.80. The van der Waals surface area contributed by atoms with Crippen molar-refractivity contribution in [1.29, 1.82) is 0 Å². The van der Waals surface area contributed by atoms with Crippen LogP contribution in [0.5, 0.6) is 0 Å². The smallest absolute Gasteiger partial charge is 0.0230 e. The summed E-state index contributed by atoms with van der Waals surface area (Å²) in [6, 6.07) is 9.31. The summed E-state index contributed by atoms with van der Waals surface area (Å²) in [5.74, 6) is 1.66. The molecule has 0 bridgehead atoms. The summed E-state index contributed by atoms with van der Waals surface area (Å²) in [6.45, 7) is 0. The maximum Gasteiger partial charge on any atom is 0.0230 e. The summed E-state index contributed by atoms with van der Waals surface area (Å²) in [6.07, 6.45) is 16.9. The van der Waals surface area contributed by atoms with Gasteiger partial charge in [0.05, 0.1) is 0 Å². The molecule has 1 nitrogen and oxygen atoms in total. The molecule has 1 aromatic carbocycles. The minimum atomic E-state index is 0.355. The van der Waals surface area contributed by atoms with Gasteiger partial charge in [-0.05, 0) is 49.1 Å². The fourth-order valence-electron chi connectivity index (χ4n) is 3.58. The number of allylic oxidation sites excluding steroid dienone is 1. The van der Waals surface area contributed by atoms with E-state index in [0.717, 1.165) is 11.0 Å². The van der Waals surface area contributed by atoms with Crippen molar-refractivity contribution in [2.45, 2.75) is 55.7 Å². The molecule has 22 heavy (non-hydrogen) atoms. The highest BCUT2D eigenvalue weighted by Crippen LogP contribution is 2.33. The van der Waals surface area contributed by atoms with Crippen LogP contribution in [0.4, 0.5) is 0 Å². The molecule has 118 valence electrons. The third-order valence-corrected chi connectivity index (χ3v) is 6.04. The molecule has 1 fully saturated rings. The zero-order chi connectivity index (χ0) is 15.2. The third kappa shape index (κ3) is 4.27. The fourth-order valence-corrected chi connectivity index (χ4v) is 4.59. The van der Waals surface area contributed by atoms with E-state index in [-0.39, 0.29) is 0 Å². The minimum absolute atomic E-state index is 0.355. The third-order valence-electron chi connectivity index (χ3n) is 4.84. The molecule has 2 aliphatic rings. The fraction of sp³-hybridized carbons (Fsp3) is 0.500. The van der Waals surface area contributed by atoms with Gasteiger partial charge in [0.25, 0.3) is 0 Å². The Morgan fingerprint density at radius 1 is 1.18 bits per heavy atom. The average Bonchev–Trinajstić information content (AvgIpc) is 2.99. The molecule has 0 heterocycles. The van der Waals surface area contributed by atoms with Crippen molar-refractivity contribution in [3.8, 4) is 0 Å². The van der Waals surface area contributed by atoms with E-state index in [9.17, 15) is 0 Å². The number of hydrogen-bond donors (Lipinski definition) is 1. The van der Waals surface area contributed by atoms with Crippen LogP contribution >= 0.6 is 11.8 Å². The summed E-state index contributed by atoms with van der Waals surface area (Å²) in [5.41, 5.74) is 8.98. The Morgan fingerprint density at radius 2 is 2.14 bits per heavy atom. The summed E-state index contributed by atoms with van der Waals surface area (Å²) in [7, 11) is 0. The van der Waals surface area contributed by atoms with E-state index in [2.05, 4.69) is 60.3 Å². The molecule has 1 saturated carbocycles. The van der Waals surface area contributed by atoms with Gasteiger partial charge in [0.2, 0.25) is 0 Å². The monoisotopic (exact) mass is 313 g/mol. The van der Waals surface area contributed by atoms with Crippen molar-refractivity contribution in [3.63, 3.8) is 0 Å². The number of rotatable bonds is 5. The van der Waals surface area contributed by atoms with Gasteiger partial charge in [0.15, 0.2) is 0 Å². The van der Waals surface area contributed by atoms with Crippen molar-refractivity contribution in [2.24, 2.45) is 5.73 Å². The van der Waals surface area contributed by atoms with Gasteiger partial charge >= 0.3 is 0 Å². The molecule has 3 unspecified atom stereocenters.